The van der Waals surface area contributed by atoms with Gasteiger partial charge in [0.1, 0.15) is 18.1 Å². The summed E-state index contributed by atoms with van der Waals surface area (Å²) in [5.41, 5.74) is 7.70. The van der Waals surface area contributed by atoms with Gasteiger partial charge in [0, 0.05) is 62.9 Å². The highest BCUT2D eigenvalue weighted by atomic mass is 32.2. The van der Waals surface area contributed by atoms with Crippen molar-refractivity contribution in [3.63, 3.8) is 0 Å². The molecule has 25 heteroatoms. The van der Waals surface area contributed by atoms with Crippen LogP contribution in [0.4, 0.5) is 4.70 Å². The Labute approximate surface area is 551 Å². The third-order valence-corrected chi connectivity index (χ3v) is 19.0. The number of benzene rings is 6. The van der Waals surface area contributed by atoms with E-state index in [0.29, 0.717) is 49.7 Å². The van der Waals surface area contributed by atoms with E-state index < -0.39 is 70.7 Å². The Morgan fingerprint density at radius 2 is 0.710 bits per heavy atom. The molecule has 0 spiro atoms. The Bertz CT molecular complexity index is 3750. The van der Waals surface area contributed by atoms with E-state index in [-0.39, 0.29) is 63.3 Å². The predicted octanol–water partition coefficient (Wildman–Crippen LogP) is 8.18. The number of nitrogens with zero attached hydrogens (tertiary/aromatic N) is 2. The summed E-state index contributed by atoms with van der Waals surface area (Å²) in [6, 6.07) is 42.7. The fraction of sp³-hybridized carbons (Fsp3) is 0.382. The van der Waals surface area contributed by atoms with Crippen LogP contribution in [0.25, 0.3) is 0 Å². The number of likely N-dealkylation sites (N-methyl/N-ethyl adjacent to an activating group) is 2. The van der Waals surface area contributed by atoms with E-state index in [2.05, 4.69) is 31.3 Å². The van der Waals surface area contributed by atoms with E-state index in [1.807, 2.05) is 153 Å². The van der Waals surface area contributed by atoms with E-state index in [9.17, 15) is 54.0 Å². The number of rotatable bonds is 24. The van der Waals surface area contributed by atoms with Gasteiger partial charge in [0.15, 0.2) is 0 Å². The van der Waals surface area contributed by atoms with E-state index in [0.717, 1.165) is 25.3 Å². The number of sulfonamides is 3. The van der Waals surface area contributed by atoms with Crippen LogP contribution >= 0.6 is 0 Å². The summed E-state index contributed by atoms with van der Waals surface area (Å²) in [5, 5.41) is 13.6. The largest absolute Gasteiger partial charge is 0.366 e. The zero-order valence-electron chi connectivity index (χ0n) is 54.6. The molecule has 0 aliphatic carbocycles. The van der Waals surface area contributed by atoms with Gasteiger partial charge >= 0.3 is 0 Å². The molecule has 0 aromatic heterocycles. The molecule has 93 heavy (non-hydrogen) atoms. The van der Waals surface area contributed by atoms with Gasteiger partial charge in [-0.15, -0.1) is 0 Å². The number of carbonyl (C=O) groups excluding carboxylic acids is 6. The standard InChI is InChI=1S/C23H31N3O4S.2C22H29N3O4S.CH4.FH.H2/c1-23(2,3)25-22(28)20(16-11-17-9-7-6-8-10-17)26(5)31(29,30)19-14-12-18(13-15-19)21(27)24-4;1-22(2,3)24-21(27)19(15-10-16-8-6-5-7-9-16)25(4)30(28,29)18-13-11-17(12-14-18)20(23)26;1-22(2,3)24-21(27)19(15-10-16-8-6-5-7-9-16)25-30(28,29)18-13-11-17(12-14-18)20(26)23-4;;;/h6-10,12-15,20H,11,16H2,1-5H3,(H,24,27)(H,25,28);5-9,11-14,19H,10,15H2,1-4H3,(H2,23,26)(H,24,27);5-9,11-14,19,25H,10,15H2,1-4H3,(H,23,26)(H,24,27);1H4;2*1H/i;;;;;1+2. The molecule has 0 saturated carbocycles. The van der Waals surface area contributed by atoms with Gasteiger partial charge in [-0.1, -0.05) is 98.4 Å². The maximum atomic E-state index is 13.3. The highest BCUT2D eigenvalue weighted by Gasteiger charge is 2.36. The fourth-order valence-corrected chi connectivity index (χ4v) is 12.9. The van der Waals surface area contributed by atoms with Crippen LogP contribution in [0.15, 0.2) is 178 Å². The number of hydrogen-bond donors (Lipinski definition) is 7. The van der Waals surface area contributed by atoms with Gasteiger partial charge in [-0.25, -0.2) is 25.3 Å². The molecule has 3 unspecified atom stereocenters. The molecule has 3 atom stereocenters. The average molecular weight is 1350 g/mol. The van der Waals surface area contributed by atoms with Crippen LogP contribution in [0.3, 0.4) is 0 Å². The summed E-state index contributed by atoms with van der Waals surface area (Å²) < 4.78 is 83.3. The lowest BCUT2D eigenvalue weighted by atomic mass is 10.0. The Hall–Kier alpha value is -8.20. The van der Waals surface area contributed by atoms with E-state index >= 15 is 0 Å². The summed E-state index contributed by atoms with van der Waals surface area (Å²) in [6.07, 6.45) is 2.60. The minimum absolute atomic E-state index is 0. The summed E-state index contributed by atoms with van der Waals surface area (Å²) in [7, 11) is -6.05. The summed E-state index contributed by atoms with van der Waals surface area (Å²) in [6.45, 7) is 16.6. The normalized spacial score (nSPS) is 12.7. The molecule has 510 valence electrons. The first kappa shape index (κ1) is 80.9. The van der Waals surface area contributed by atoms with Gasteiger partial charge in [-0.3, -0.25) is 33.5 Å². The minimum atomic E-state index is -3.97. The number of nitrogens with two attached hydrogens (primary N) is 1. The van der Waals surface area contributed by atoms with Crippen LogP contribution in [-0.4, -0.2) is 132 Å². The lowest BCUT2D eigenvalue weighted by Gasteiger charge is -2.30. The molecular formula is C68H96FN9O12S3. The fourth-order valence-electron chi connectivity index (χ4n) is 8.98. The topological polar surface area (TPSA) is 310 Å². The molecule has 0 heterocycles. The number of aryl methyl sites for hydroxylation is 3. The Kier molecular flexibility index (Phi) is 31.1. The molecule has 0 aliphatic heterocycles. The van der Waals surface area contributed by atoms with Gasteiger partial charge in [0.2, 0.25) is 53.7 Å². The lowest BCUT2D eigenvalue weighted by molar-refractivity contribution is -0.127. The maximum absolute atomic E-state index is 13.3. The molecule has 0 saturated heterocycles. The second kappa shape index (κ2) is 35.7. The molecule has 6 amide bonds. The Balaban J connectivity index is 0.000000694. The second-order valence-electron chi connectivity index (χ2n) is 24.6. The van der Waals surface area contributed by atoms with Crippen LogP contribution in [0, 0.1) is 0 Å². The van der Waals surface area contributed by atoms with Crippen molar-refractivity contribution in [1.29, 1.82) is 0 Å². The molecule has 8 N–H and O–H groups in total. The van der Waals surface area contributed by atoms with Crippen molar-refractivity contribution in [3.05, 3.63) is 197 Å². The number of nitrogens with one attached hydrogen (secondary N) is 6. The molecule has 6 aromatic rings. The van der Waals surface area contributed by atoms with E-state index in [1.54, 1.807) is 0 Å². The van der Waals surface area contributed by atoms with Crippen LogP contribution in [-0.2, 0) is 63.7 Å². The zero-order chi connectivity index (χ0) is 68.1. The summed E-state index contributed by atoms with van der Waals surface area (Å²) in [5.74, 6) is -2.35. The van der Waals surface area contributed by atoms with Crippen molar-refractivity contribution in [2.75, 3.05) is 28.2 Å². The van der Waals surface area contributed by atoms with Crippen LogP contribution in [0.2, 0.25) is 0 Å². The van der Waals surface area contributed by atoms with Gasteiger partial charge in [-0.2, -0.15) is 13.3 Å². The third kappa shape index (κ3) is 26.0. The summed E-state index contributed by atoms with van der Waals surface area (Å²) >= 11 is 0. The van der Waals surface area contributed by atoms with Crippen molar-refractivity contribution < 1.29 is 60.2 Å². The van der Waals surface area contributed by atoms with Crippen molar-refractivity contribution in [1.82, 2.24) is 39.9 Å². The molecule has 0 fully saturated rings. The van der Waals surface area contributed by atoms with Gasteiger partial charge in [0.25, 0.3) is 11.8 Å². The van der Waals surface area contributed by atoms with Crippen molar-refractivity contribution in [3.8, 4) is 0 Å². The molecule has 0 bridgehead atoms. The van der Waals surface area contributed by atoms with Crippen LogP contribution in [0.5, 0.6) is 0 Å². The van der Waals surface area contributed by atoms with Gasteiger partial charge < -0.3 is 32.3 Å². The monoisotopic (exact) mass is 1350 g/mol. The number of primary amides is 1. The number of carbonyl (C=O) groups is 6. The molecular weight excluding hydrogens is 1250 g/mol. The number of amides is 6. The van der Waals surface area contributed by atoms with E-state index in [4.69, 9.17) is 5.73 Å². The van der Waals surface area contributed by atoms with Crippen molar-refractivity contribution in [2.24, 2.45) is 5.73 Å². The quantitative estimate of drug-likeness (QED) is 0.0302. The molecule has 0 aliphatic rings. The first-order valence-corrected chi connectivity index (χ1v) is 33.9. The maximum Gasteiger partial charge on any atom is 0.251 e. The molecule has 21 nitrogen and oxygen atoms in total. The van der Waals surface area contributed by atoms with Crippen LogP contribution < -0.4 is 37.0 Å². The highest BCUT2D eigenvalue weighted by molar-refractivity contribution is 7.90. The first-order valence-electron chi connectivity index (χ1n) is 29.5. The third-order valence-electron chi connectivity index (χ3n) is 13.7. The Morgan fingerprint density at radius 3 is 1.00 bits per heavy atom. The first-order chi connectivity index (χ1) is 42.4. The number of hydrogen-bond acceptors (Lipinski definition) is 12. The van der Waals surface area contributed by atoms with Gasteiger partial charge in [0.05, 0.1) is 14.7 Å². The van der Waals surface area contributed by atoms with Crippen molar-refractivity contribution in [2.45, 2.75) is 158 Å². The lowest BCUT2D eigenvalue weighted by Crippen LogP contribution is -2.52. The minimum Gasteiger partial charge on any atom is -0.366 e. The second-order valence-corrected chi connectivity index (χ2v) is 30.3. The zero-order valence-corrected chi connectivity index (χ0v) is 57.0. The van der Waals surface area contributed by atoms with E-state index in [1.165, 1.54) is 101 Å². The molecule has 0 radical (unpaired) electrons. The smallest absolute Gasteiger partial charge is 0.251 e. The molecule has 6 rings (SSSR count). The number of halogens is 1. The molecule has 6 aromatic carbocycles. The summed E-state index contributed by atoms with van der Waals surface area (Å²) in [4.78, 5) is 73.4. The van der Waals surface area contributed by atoms with Crippen molar-refractivity contribution >= 4 is 65.5 Å². The Morgan fingerprint density at radius 1 is 0.430 bits per heavy atom. The predicted molar refractivity (Wildman–Crippen MR) is 366 cm³/mol. The highest BCUT2D eigenvalue weighted by Crippen LogP contribution is 2.24. The van der Waals surface area contributed by atoms with Gasteiger partial charge in [-0.05, 0) is 190 Å². The SMILES string of the molecule is C.CN(C(CCc1ccccc1)C(=O)NC(C)(C)C)S(=O)(=O)c1ccc(C(N)=O)cc1.CNC(=O)c1ccc(S(=O)(=O)N(C)C(CCc2ccccc2)C(=O)NC(C)(C)C)cc1.CNC(=O)c1ccc(S(=O)(=O)NC(CCc2ccccc2)C(=O)NC(C)(C)C)cc1.F.[3HH]. The van der Waals surface area contributed by atoms with Crippen LogP contribution in [0.1, 0.15) is 138 Å². The average Bonchev–Trinajstić information content (AvgIpc) is 0.812.